The van der Waals surface area contributed by atoms with Crippen LogP contribution in [0.4, 0.5) is 5.82 Å². The number of rotatable bonds is 6. The molecule has 18 heavy (non-hydrogen) atoms. The van der Waals surface area contributed by atoms with Gasteiger partial charge in [-0.1, -0.05) is 0 Å². The van der Waals surface area contributed by atoms with Crippen molar-refractivity contribution in [2.75, 3.05) is 31.3 Å². The van der Waals surface area contributed by atoms with Crippen LogP contribution in [0.3, 0.4) is 0 Å². The van der Waals surface area contributed by atoms with Crippen molar-refractivity contribution in [3.05, 3.63) is 23.9 Å². The van der Waals surface area contributed by atoms with Crippen molar-refractivity contribution in [2.45, 2.75) is 0 Å². The molecule has 0 atom stereocenters. The third-order valence-electron chi connectivity index (χ3n) is 2.00. The van der Waals surface area contributed by atoms with Gasteiger partial charge in [-0.15, -0.1) is 0 Å². The van der Waals surface area contributed by atoms with E-state index in [9.17, 15) is 13.2 Å². The number of methoxy groups -OCH3 is 2. The molecule has 0 aliphatic carbocycles. The van der Waals surface area contributed by atoms with Crippen LogP contribution in [-0.4, -0.2) is 46.0 Å². The molecule has 1 aromatic rings. The van der Waals surface area contributed by atoms with Gasteiger partial charge in [-0.2, -0.15) is 0 Å². The van der Waals surface area contributed by atoms with Gasteiger partial charge in [0, 0.05) is 13.3 Å². The Kier molecular flexibility index (Phi) is 5.05. The summed E-state index contributed by atoms with van der Waals surface area (Å²) in [5.41, 5.74) is 0.219. The first-order valence-corrected chi connectivity index (χ1v) is 6.67. The number of aromatic nitrogens is 1. The zero-order valence-electron chi connectivity index (χ0n) is 10.0. The molecule has 0 aliphatic rings. The largest absolute Gasteiger partial charge is 0.465 e. The van der Waals surface area contributed by atoms with Crippen LogP contribution in [0.2, 0.25) is 0 Å². The molecule has 0 bridgehead atoms. The fourth-order valence-electron chi connectivity index (χ4n) is 1.13. The third kappa shape index (κ3) is 4.30. The van der Waals surface area contributed by atoms with Crippen molar-refractivity contribution in [3.8, 4) is 0 Å². The molecule has 0 radical (unpaired) electrons. The number of ether oxygens (including phenoxy) is 2. The minimum absolute atomic E-state index is 0.0639. The van der Waals surface area contributed by atoms with Gasteiger partial charge >= 0.3 is 5.97 Å². The SMILES string of the molecule is COCCS(=O)(=O)Nc1cc(C(=O)OC)ccn1. The Hall–Kier alpha value is -1.67. The molecular weight excluding hydrogens is 260 g/mol. The third-order valence-corrected chi connectivity index (χ3v) is 3.22. The van der Waals surface area contributed by atoms with Crippen LogP contribution in [-0.2, 0) is 19.5 Å². The van der Waals surface area contributed by atoms with Crippen LogP contribution < -0.4 is 4.72 Å². The Labute approximate surface area is 105 Å². The molecule has 1 rings (SSSR count). The molecule has 0 aliphatic heterocycles. The van der Waals surface area contributed by atoms with Crippen molar-refractivity contribution in [1.29, 1.82) is 0 Å². The lowest BCUT2D eigenvalue weighted by Gasteiger charge is -2.07. The summed E-state index contributed by atoms with van der Waals surface area (Å²) in [4.78, 5) is 15.1. The van der Waals surface area contributed by atoms with Gasteiger partial charge in [-0.25, -0.2) is 18.2 Å². The van der Waals surface area contributed by atoms with Crippen LogP contribution in [0.1, 0.15) is 10.4 Å². The van der Waals surface area contributed by atoms with Gasteiger partial charge in [-0.3, -0.25) is 4.72 Å². The number of sulfonamides is 1. The molecule has 0 unspecified atom stereocenters. The standard InChI is InChI=1S/C10H14N2O5S/c1-16-5-6-18(14,15)12-9-7-8(3-4-11-9)10(13)17-2/h3-4,7H,5-6H2,1-2H3,(H,11,12). The highest BCUT2D eigenvalue weighted by atomic mass is 32.2. The zero-order valence-corrected chi connectivity index (χ0v) is 10.9. The predicted molar refractivity (Wildman–Crippen MR) is 64.9 cm³/mol. The van der Waals surface area contributed by atoms with Crippen LogP contribution in [0.15, 0.2) is 18.3 Å². The van der Waals surface area contributed by atoms with Crippen LogP contribution >= 0.6 is 0 Å². The zero-order chi connectivity index (χ0) is 13.6. The quantitative estimate of drug-likeness (QED) is 0.747. The first-order chi connectivity index (χ1) is 8.48. The molecule has 8 heteroatoms. The minimum Gasteiger partial charge on any atom is -0.465 e. The summed E-state index contributed by atoms with van der Waals surface area (Å²) in [6.07, 6.45) is 1.32. The van der Waals surface area contributed by atoms with Crippen LogP contribution in [0.25, 0.3) is 0 Å². The minimum atomic E-state index is -3.54. The lowest BCUT2D eigenvalue weighted by Crippen LogP contribution is -2.20. The second kappa shape index (κ2) is 6.31. The number of pyridine rings is 1. The number of nitrogens with zero attached hydrogens (tertiary/aromatic N) is 1. The molecule has 1 aromatic heterocycles. The molecule has 1 heterocycles. The van der Waals surface area contributed by atoms with Gasteiger partial charge in [0.2, 0.25) is 10.0 Å². The molecule has 0 saturated heterocycles. The van der Waals surface area contributed by atoms with Crippen molar-refractivity contribution >= 4 is 21.8 Å². The summed E-state index contributed by atoms with van der Waals surface area (Å²) in [7, 11) is -0.886. The highest BCUT2D eigenvalue weighted by Gasteiger charge is 2.12. The molecular formula is C10H14N2O5S. The van der Waals surface area contributed by atoms with E-state index in [1.165, 1.54) is 32.5 Å². The van der Waals surface area contributed by atoms with Gasteiger partial charge in [-0.05, 0) is 12.1 Å². The van der Waals surface area contributed by atoms with Gasteiger partial charge in [0.05, 0.1) is 25.0 Å². The number of nitrogens with one attached hydrogen (secondary N) is 1. The lowest BCUT2D eigenvalue weighted by atomic mass is 10.3. The molecule has 0 saturated carbocycles. The summed E-state index contributed by atoms with van der Waals surface area (Å²) < 4.78 is 34.6. The molecule has 0 aromatic carbocycles. The van der Waals surface area contributed by atoms with Crippen molar-refractivity contribution in [3.63, 3.8) is 0 Å². The van der Waals surface area contributed by atoms with E-state index in [4.69, 9.17) is 0 Å². The summed E-state index contributed by atoms with van der Waals surface area (Å²) in [6.45, 7) is 0.0754. The van der Waals surface area contributed by atoms with E-state index in [0.29, 0.717) is 0 Å². The Balaban J connectivity index is 2.82. The monoisotopic (exact) mass is 274 g/mol. The summed E-state index contributed by atoms with van der Waals surface area (Å²) in [5, 5.41) is 0. The van der Waals surface area contributed by atoms with E-state index in [1.807, 2.05) is 0 Å². The van der Waals surface area contributed by atoms with E-state index >= 15 is 0 Å². The molecule has 7 nitrogen and oxygen atoms in total. The fourth-order valence-corrected chi connectivity index (χ4v) is 2.05. The average Bonchev–Trinajstić information content (AvgIpc) is 2.35. The topological polar surface area (TPSA) is 94.6 Å². The van der Waals surface area contributed by atoms with Crippen molar-refractivity contribution < 1.29 is 22.7 Å². The van der Waals surface area contributed by atoms with Gasteiger partial charge < -0.3 is 9.47 Å². The Morgan fingerprint density at radius 3 is 2.78 bits per heavy atom. The number of carbonyl (C=O) groups is 1. The molecule has 0 spiro atoms. The smallest absolute Gasteiger partial charge is 0.338 e. The summed E-state index contributed by atoms with van der Waals surface area (Å²) >= 11 is 0. The number of carbonyl (C=O) groups excluding carboxylic acids is 1. The number of hydrogen-bond donors (Lipinski definition) is 1. The van der Waals surface area contributed by atoms with Crippen LogP contribution in [0.5, 0.6) is 0 Å². The normalized spacial score (nSPS) is 11.0. The average molecular weight is 274 g/mol. The predicted octanol–water partition coefficient (Wildman–Crippen LogP) is 0.256. The van der Waals surface area contributed by atoms with Crippen molar-refractivity contribution in [2.24, 2.45) is 0 Å². The van der Waals surface area contributed by atoms with E-state index < -0.39 is 16.0 Å². The second-order valence-corrected chi connectivity index (χ2v) is 5.18. The number of esters is 1. The summed E-state index contributed by atoms with van der Waals surface area (Å²) in [6, 6.07) is 2.73. The molecule has 0 fully saturated rings. The van der Waals surface area contributed by atoms with E-state index in [1.54, 1.807) is 0 Å². The fraction of sp³-hybridized carbons (Fsp3) is 0.400. The summed E-state index contributed by atoms with van der Waals surface area (Å²) in [5.74, 6) is -0.683. The maximum Gasteiger partial charge on any atom is 0.338 e. The van der Waals surface area contributed by atoms with E-state index in [2.05, 4.69) is 19.2 Å². The molecule has 1 N–H and O–H groups in total. The van der Waals surface area contributed by atoms with Gasteiger partial charge in [0.1, 0.15) is 5.82 Å². The van der Waals surface area contributed by atoms with Gasteiger partial charge in [0.25, 0.3) is 0 Å². The van der Waals surface area contributed by atoms with Gasteiger partial charge in [0.15, 0.2) is 0 Å². The number of hydrogen-bond acceptors (Lipinski definition) is 6. The first-order valence-electron chi connectivity index (χ1n) is 5.02. The lowest BCUT2D eigenvalue weighted by molar-refractivity contribution is 0.0600. The second-order valence-electron chi connectivity index (χ2n) is 3.34. The molecule has 0 amide bonds. The van der Waals surface area contributed by atoms with Crippen molar-refractivity contribution in [1.82, 2.24) is 4.98 Å². The maximum atomic E-state index is 11.6. The van der Waals surface area contributed by atoms with E-state index in [0.717, 1.165) is 0 Å². The number of anilines is 1. The highest BCUT2D eigenvalue weighted by molar-refractivity contribution is 7.92. The maximum absolute atomic E-state index is 11.6. The Morgan fingerprint density at radius 2 is 2.17 bits per heavy atom. The Bertz CT molecular complexity index is 515. The molecule has 100 valence electrons. The first kappa shape index (κ1) is 14.4. The van der Waals surface area contributed by atoms with Crippen LogP contribution in [0, 0.1) is 0 Å². The highest BCUT2D eigenvalue weighted by Crippen LogP contribution is 2.09. The Morgan fingerprint density at radius 1 is 1.44 bits per heavy atom. The van der Waals surface area contributed by atoms with E-state index in [-0.39, 0.29) is 23.7 Å².